The van der Waals surface area contributed by atoms with Gasteiger partial charge in [0.1, 0.15) is 73.2 Å². The second-order valence-corrected chi connectivity index (χ2v) is 27.8. The van der Waals surface area contributed by atoms with Gasteiger partial charge in [-0.15, -0.1) is 0 Å². The van der Waals surface area contributed by atoms with E-state index in [2.05, 4.69) is 141 Å². The normalized spacial score (nSPS) is 26.8. The molecular weight excluding hydrogens is 1310 g/mol. The third kappa shape index (κ3) is 42.9. The van der Waals surface area contributed by atoms with Gasteiger partial charge in [-0.2, -0.15) is 0 Å². The topological polar surface area (TPSA) is 307 Å². The summed E-state index contributed by atoms with van der Waals surface area (Å²) >= 11 is 0. The standard InChI is InChI=1S/C84H141NO18/c1-3-5-7-9-11-13-15-17-19-21-23-25-27-28-29-30-31-32-33-34-35-36-37-38-40-42-44-46-48-50-52-54-56-58-60-62-72(90)85-67(68(89)61-59-57-55-53-51-49-47-45-43-41-39-26-24-22-20-18-16-14-12-10-8-6-4-2)66-98-82-78(96)75(93)80(70(64-87)100-82)103-84-79(97)76(94)81(71(65-88)101-84)102-83-77(95)74(92)73(91)69(63-86)99-83/h5,7,11,13,17,19,23,25,28-29,31-32,34-35,37-38,43,45,51,53,59,61,67-71,73-84,86-89,91-97H,3-4,6,8-10,12,14-16,18,20-22,24,26-27,30,33,36,39-42,44,46-50,52,54-58,60,62-66H2,1-2H3,(H,85,90)/b7-5-,13-11-,19-17-,25-23-,29-28-,32-31-,35-34-,38-37-,45-43+,53-51+,61-59+. The lowest BCUT2D eigenvalue weighted by Crippen LogP contribution is -2.66. The average molecular weight is 1450 g/mol. The number of carbonyl (C=O) groups excluding carboxylic acids is 1. The zero-order valence-electron chi connectivity index (χ0n) is 63.0. The van der Waals surface area contributed by atoms with Crippen molar-refractivity contribution in [3.63, 3.8) is 0 Å². The highest BCUT2D eigenvalue weighted by molar-refractivity contribution is 5.76. The third-order valence-electron chi connectivity index (χ3n) is 18.9. The summed E-state index contributed by atoms with van der Waals surface area (Å²) in [5, 5.41) is 121. The van der Waals surface area contributed by atoms with Crippen molar-refractivity contribution in [1.29, 1.82) is 0 Å². The zero-order valence-corrected chi connectivity index (χ0v) is 63.0. The molecule has 3 heterocycles. The minimum absolute atomic E-state index is 0.218. The van der Waals surface area contributed by atoms with Crippen LogP contribution in [0.3, 0.4) is 0 Å². The number of aliphatic hydroxyl groups excluding tert-OH is 11. The molecule has 103 heavy (non-hydrogen) atoms. The Bertz CT molecular complexity index is 2380. The van der Waals surface area contributed by atoms with E-state index in [0.717, 1.165) is 109 Å². The van der Waals surface area contributed by atoms with Crippen molar-refractivity contribution in [3.8, 4) is 0 Å². The fourth-order valence-electron chi connectivity index (χ4n) is 12.5. The largest absolute Gasteiger partial charge is 0.394 e. The lowest BCUT2D eigenvalue weighted by atomic mass is 9.96. The zero-order chi connectivity index (χ0) is 74.6. The van der Waals surface area contributed by atoms with Gasteiger partial charge in [0.2, 0.25) is 5.91 Å². The molecular formula is C84H141NO18. The van der Waals surface area contributed by atoms with Gasteiger partial charge in [-0.1, -0.05) is 276 Å². The van der Waals surface area contributed by atoms with Gasteiger partial charge in [-0.25, -0.2) is 0 Å². The minimum atomic E-state index is -1.99. The first kappa shape index (κ1) is 93.1. The van der Waals surface area contributed by atoms with Crippen molar-refractivity contribution in [2.75, 3.05) is 26.4 Å². The summed E-state index contributed by atoms with van der Waals surface area (Å²) in [5.74, 6) is -0.299. The first-order chi connectivity index (χ1) is 50.3. The summed E-state index contributed by atoms with van der Waals surface area (Å²) < 4.78 is 34.4. The summed E-state index contributed by atoms with van der Waals surface area (Å²) in [6, 6.07) is -1.01. The van der Waals surface area contributed by atoms with E-state index in [9.17, 15) is 61.0 Å². The predicted molar refractivity (Wildman–Crippen MR) is 410 cm³/mol. The molecule has 3 fully saturated rings. The first-order valence-corrected chi connectivity index (χ1v) is 39.9. The number of hydrogen-bond acceptors (Lipinski definition) is 18. The van der Waals surface area contributed by atoms with Crippen LogP contribution in [0.5, 0.6) is 0 Å². The Morgan fingerprint density at radius 2 is 0.680 bits per heavy atom. The SMILES string of the molecule is CC/C=C\C/C=C\C/C=C\C/C=C\C/C=C\C/C=C\C/C=C\C/C=C\CCCCCCCCCCCCC(=O)NC(COC1OC(CO)C(OC2OC(CO)C(OC3OC(CO)C(O)C(O)C3O)C(O)C2O)C(O)C1O)C(O)/C=C/CC/C=C/CC/C=C/CCCCCCCCCCCCCCC. The lowest BCUT2D eigenvalue weighted by Gasteiger charge is -2.48. The highest BCUT2D eigenvalue weighted by Gasteiger charge is 2.53. The molecule has 3 aliphatic rings. The monoisotopic (exact) mass is 1450 g/mol. The van der Waals surface area contributed by atoms with Crippen LogP contribution < -0.4 is 5.32 Å². The molecule has 590 valence electrons. The molecule has 12 N–H and O–H groups in total. The molecule has 0 bridgehead atoms. The molecule has 19 heteroatoms. The number of hydrogen-bond donors (Lipinski definition) is 12. The summed E-state index contributed by atoms with van der Waals surface area (Å²) in [7, 11) is 0. The number of unbranched alkanes of at least 4 members (excludes halogenated alkanes) is 25. The minimum Gasteiger partial charge on any atom is -0.394 e. The number of carbonyl (C=O) groups is 1. The van der Waals surface area contributed by atoms with Crippen molar-refractivity contribution >= 4 is 5.91 Å². The molecule has 0 spiro atoms. The van der Waals surface area contributed by atoms with E-state index in [4.69, 9.17) is 28.4 Å². The van der Waals surface area contributed by atoms with Gasteiger partial charge >= 0.3 is 0 Å². The molecule has 0 aliphatic carbocycles. The van der Waals surface area contributed by atoms with Crippen LogP contribution in [-0.2, 0) is 33.2 Å². The molecule has 0 saturated carbocycles. The van der Waals surface area contributed by atoms with Crippen LogP contribution in [-0.4, -0.2) is 193 Å². The van der Waals surface area contributed by atoms with E-state index >= 15 is 0 Å². The van der Waals surface area contributed by atoms with E-state index in [0.29, 0.717) is 12.8 Å². The molecule has 17 unspecified atom stereocenters. The smallest absolute Gasteiger partial charge is 0.220 e. The quantitative estimate of drug-likeness (QED) is 0.0199. The molecule has 0 aromatic carbocycles. The molecule has 0 aromatic rings. The average Bonchev–Trinajstić information content (AvgIpc) is 0.781. The van der Waals surface area contributed by atoms with Gasteiger partial charge in [0, 0.05) is 6.42 Å². The highest BCUT2D eigenvalue weighted by Crippen LogP contribution is 2.33. The highest BCUT2D eigenvalue weighted by atomic mass is 16.8. The lowest BCUT2D eigenvalue weighted by molar-refractivity contribution is -0.379. The number of allylic oxidation sites excluding steroid dienone is 21. The van der Waals surface area contributed by atoms with Gasteiger partial charge in [-0.3, -0.25) is 4.79 Å². The molecule has 3 rings (SSSR count). The third-order valence-corrected chi connectivity index (χ3v) is 18.9. The van der Waals surface area contributed by atoms with E-state index in [1.165, 1.54) is 116 Å². The number of nitrogens with one attached hydrogen (secondary N) is 1. The number of rotatable bonds is 61. The fourth-order valence-corrected chi connectivity index (χ4v) is 12.5. The van der Waals surface area contributed by atoms with Crippen LogP contribution in [0.15, 0.2) is 134 Å². The summed E-state index contributed by atoms with van der Waals surface area (Å²) in [5.41, 5.74) is 0. The van der Waals surface area contributed by atoms with Gasteiger partial charge in [-0.05, 0) is 109 Å². The summed E-state index contributed by atoms with van der Waals surface area (Å²) in [4.78, 5) is 13.5. The molecule has 3 aliphatic heterocycles. The Morgan fingerprint density at radius 1 is 0.359 bits per heavy atom. The Balaban J connectivity index is 1.39. The number of amides is 1. The van der Waals surface area contributed by atoms with Gasteiger partial charge in [0.25, 0.3) is 0 Å². The molecule has 17 atom stereocenters. The van der Waals surface area contributed by atoms with Crippen LogP contribution in [0, 0.1) is 0 Å². The van der Waals surface area contributed by atoms with E-state index in [1.807, 2.05) is 6.08 Å². The van der Waals surface area contributed by atoms with E-state index < -0.39 is 124 Å². The van der Waals surface area contributed by atoms with Crippen molar-refractivity contribution in [2.24, 2.45) is 0 Å². The second kappa shape index (κ2) is 62.9. The summed E-state index contributed by atoms with van der Waals surface area (Å²) in [6.45, 7) is 1.59. The maximum Gasteiger partial charge on any atom is 0.220 e. The van der Waals surface area contributed by atoms with Crippen molar-refractivity contribution in [3.05, 3.63) is 134 Å². The van der Waals surface area contributed by atoms with Crippen LogP contribution in [0.4, 0.5) is 0 Å². The van der Waals surface area contributed by atoms with Gasteiger partial charge in [0.15, 0.2) is 18.9 Å². The maximum atomic E-state index is 13.5. The molecule has 0 radical (unpaired) electrons. The molecule has 0 aromatic heterocycles. The van der Waals surface area contributed by atoms with Gasteiger partial charge < -0.3 is 89.9 Å². The van der Waals surface area contributed by atoms with E-state index in [1.54, 1.807) is 6.08 Å². The number of aliphatic hydroxyl groups is 11. The van der Waals surface area contributed by atoms with Crippen LogP contribution in [0.25, 0.3) is 0 Å². The summed E-state index contributed by atoms with van der Waals surface area (Å²) in [6.07, 6.45) is 62.8. The van der Waals surface area contributed by atoms with Crippen molar-refractivity contribution in [1.82, 2.24) is 5.32 Å². The van der Waals surface area contributed by atoms with Crippen LogP contribution in [0.2, 0.25) is 0 Å². The molecule has 19 nitrogen and oxygen atoms in total. The van der Waals surface area contributed by atoms with Crippen molar-refractivity contribution in [2.45, 2.75) is 362 Å². The molecule has 3 saturated heterocycles. The van der Waals surface area contributed by atoms with E-state index in [-0.39, 0.29) is 18.9 Å². The van der Waals surface area contributed by atoms with Crippen molar-refractivity contribution < 1.29 is 89.4 Å². The second-order valence-electron chi connectivity index (χ2n) is 27.8. The number of ether oxygens (including phenoxy) is 6. The predicted octanol–water partition coefficient (Wildman–Crippen LogP) is 13.3. The fraction of sp³-hybridized carbons (Fsp3) is 0.726. The van der Waals surface area contributed by atoms with Crippen LogP contribution in [0.1, 0.15) is 258 Å². The maximum absolute atomic E-state index is 13.5. The Kier molecular flexibility index (Phi) is 56.9. The van der Waals surface area contributed by atoms with Crippen LogP contribution >= 0.6 is 0 Å². The Labute approximate surface area is 620 Å². The van der Waals surface area contributed by atoms with Gasteiger partial charge in [0.05, 0.1) is 38.6 Å². The Hall–Kier alpha value is -4.07. The molecule has 1 amide bonds. The first-order valence-electron chi connectivity index (χ1n) is 39.9. The Morgan fingerprint density at radius 3 is 1.09 bits per heavy atom.